The van der Waals surface area contributed by atoms with Gasteiger partial charge in [-0.25, -0.2) is 17.4 Å². The number of esters is 1. The molecule has 1 amide bonds. The highest BCUT2D eigenvalue weighted by Gasteiger charge is 2.30. The number of rotatable bonds is 20. The van der Waals surface area contributed by atoms with Gasteiger partial charge in [0, 0.05) is 34.1 Å². The zero-order chi connectivity index (χ0) is 43.6. The SMILES string of the molecule is CC(C)(CSCC(=O)O)C(=O)OCCOc1c(NC(=O)COc2ccc(CS(=N)(=O)O)cc2)cc(/N=N/c2nc(-c3cccc(NS(C)(=O)=O)c3)ns2)cc1C(C)(C)C. The van der Waals surface area contributed by atoms with Crippen molar-refractivity contribution in [3.63, 3.8) is 0 Å². The van der Waals surface area contributed by atoms with E-state index in [9.17, 15) is 31.6 Å². The number of carboxylic acid groups (broad SMARTS) is 1. The fourth-order valence-corrected chi connectivity index (χ4v) is 7.68. The number of nitrogens with one attached hydrogen (secondary N) is 3. The van der Waals surface area contributed by atoms with Crippen LogP contribution in [0.1, 0.15) is 45.7 Å². The first kappa shape index (κ1) is 46.5. The highest BCUT2D eigenvalue weighted by molar-refractivity contribution is 8.00. The van der Waals surface area contributed by atoms with Crippen LogP contribution in [0.4, 0.5) is 22.2 Å². The smallest absolute Gasteiger partial charge is 0.313 e. The Balaban J connectivity index is 1.58. The molecule has 1 atom stereocenters. The van der Waals surface area contributed by atoms with E-state index in [1.165, 1.54) is 30.3 Å². The molecule has 3 aromatic carbocycles. The zero-order valence-electron chi connectivity index (χ0n) is 33.0. The summed E-state index contributed by atoms with van der Waals surface area (Å²) < 4.78 is 75.5. The monoisotopic (exact) mass is 891 g/mol. The molecule has 0 radical (unpaired) electrons. The van der Waals surface area contributed by atoms with Crippen molar-refractivity contribution in [3.05, 3.63) is 71.8 Å². The summed E-state index contributed by atoms with van der Waals surface area (Å²) in [6, 6.07) is 15.9. The standard InChI is InChI=1S/C37H45N7O11S4/c1-36(2,3)28-17-26(41-42-35-40-33(43-57-35)24-8-7-9-25(16-24)44-58(6,49)50)18-29(32(28)53-14-15-54-34(48)37(4,5)22-56-20-31(46)47)39-30(45)19-55-27-12-10-23(11-13-27)21-59(38,51)52/h7-13,16-18,44H,14-15,19-22H2,1-6H3,(H,39,45)(H,46,47)(H2,38,51,52)/b42-41+. The second-order valence-corrected chi connectivity index (χ2v) is 19.7. The molecular formula is C37H45N7O11S4. The summed E-state index contributed by atoms with van der Waals surface area (Å²) in [5.74, 6) is -1.51. The highest BCUT2D eigenvalue weighted by Crippen LogP contribution is 2.41. The van der Waals surface area contributed by atoms with Crippen LogP contribution in [-0.2, 0) is 50.3 Å². The van der Waals surface area contributed by atoms with Crippen LogP contribution in [0.3, 0.4) is 0 Å². The molecule has 22 heteroatoms. The van der Waals surface area contributed by atoms with Gasteiger partial charge in [0.2, 0.25) is 15.2 Å². The molecule has 318 valence electrons. The van der Waals surface area contributed by atoms with Crippen LogP contribution in [0.5, 0.6) is 11.5 Å². The zero-order valence-corrected chi connectivity index (χ0v) is 36.3. The quantitative estimate of drug-likeness (QED) is 0.0337. The minimum absolute atomic E-state index is 0.104. The molecule has 18 nitrogen and oxygen atoms in total. The van der Waals surface area contributed by atoms with Gasteiger partial charge in [0.05, 0.1) is 34.6 Å². The Morgan fingerprint density at radius 1 is 0.966 bits per heavy atom. The number of azo groups is 1. The molecule has 0 fully saturated rings. The lowest BCUT2D eigenvalue weighted by molar-refractivity contribution is -0.153. The van der Waals surface area contributed by atoms with Crippen molar-refractivity contribution in [1.29, 1.82) is 4.78 Å². The van der Waals surface area contributed by atoms with Gasteiger partial charge in [-0.15, -0.1) is 22.0 Å². The fraction of sp³-hybridized carbons (Fsp3) is 0.378. The lowest BCUT2D eigenvalue weighted by Crippen LogP contribution is -2.31. The molecular weight excluding hydrogens is 847 g/mol. The van der Waals surface area contributed by atoms with Crippen LogP contribution in [0.2, 0.25) is 0 Å². The summed E-state index contributed by atoms with van der Waals surface area (Å²) in [6.45, 7) is 8.39. The van der Waals surface area contributed by atoms with Crippen LogP contribution in [0.15, 0.2) is 70.9 Å². The van der Waals surface area contributed by atoms with Gasteiger partial charge in [-0.2, -0.15) is 9.36 Å². The van der Waals surface area contributed by atoms with Crippen LogP contribution in [0, 0.1) is 10.2 Å². The fourth-order valence-electron chi connectivity index (χ4n) is 5.06. The summed E-state index contributed by atoms with van der Waals surface area (Å²) in [4.78, 5) is 41.5. The first-order chi connectivity index (χ1) is 27.5. The van der Waals surface area contributed by atoms with Crippen molar-refractivity contribution in [3.8, 4) is 22.9 Å². The number of aromatic nitrogens is 2. The Labute approximate surface area is 350 Å². The van der Waals surface area contributed by atoms with E-state index in [-0.39, 0.29) is 47.0 Å². The maximum atomic E-state index is 13.3. The van der Waals surface area contributed by atoms with Gasteiger partial charge < -0.3 is 29.2 Å². The molecule has 5 N–H and O–H groups in total. The minimum Gasteiger partial charge on any atom is -0.488 e. The third kappa shape index (κ3) is 15.5. The van der Waals surface area contributed by atoms with Crippen molar-refractivity contribution >= 4 is 83.4 Å². The average molecular weight is 892 g/mol. The average Bonchev–Trinajstić information content (AvgIpc) is 3.60. The molecule has 0 aliphatic rings. The number of hydrogen-bond acceptors (Lipinski definition) is 16. The van der Waals surface area contributed by atoms with Gasteiger partial charge in [0.15, 0.2) is 22.4 Å². The van der Waals surface area contributed by atoms with Gasteiger partial charge in [-0.1, -0.05) is 45.0 Å². The molecule has 59 heavy (non-hydrogen) atoms. The number of carboxylic acids is 1. The Kier molecular flexibility index (Phi) is 15.6. The van der Waals surface area contributed by atoms with Gasteiger partial charge in [-0.05, 0) is 61.2 Å². The summed E-state index contributed by atoms with van der Waals surface area (Å²) in [6.07, 6.45) is 1.05. The molecule has 1 heterocycles. The number of nitrogens with zero attached hydrogens (tertiary/aromatic N) is 4. The second-order valence-electron chi connectivity index (χ2n) is 14.7. The summed E-state index contributed by atoms with van der Waals surface area (Å²) in [5.41, 5.74) is 0.909. The Morgan fingerprint density at radius 3 is 2.32 bits per heavy atom. The third-order valence-electron chi connectivity index (χ3n) is 7.71. The van der Waals surface area contributed by atoms with E-state index < -0.39 is 55.3 Å². The molecule has 0 saturated carbocycles. The van der Waals surface area contributed by atoms with E-state index in [1.807, 2.05) is 20.8 Å². The normalized spacial score (nSPS) is 13.1. The molecule has 4 rings (SSSR count). The number of sulfonamides is 1. The largest absolute Gasteiger partial charge is 0.488 e. The van der Waals surface area contributed by atoms with Crippen molar-refractivity contribution in [2.24, 2.45) is 15.6 Å². The molecule has 0 aliphatic carbocycles. The topological polar surface area (TPSA) is 269 Å². The van der Waals surface area contributed by atoms with Gasteiger partial charge in [-0.3, -0.25) is 19.1 Å². The molecule has 1 aromatic heterocycles. The molecule has 0 bridgehead atoms. The van der Waals surface area contributed by atoms with Crippen LogP contribution in [0.25, 0.3) is 11.4 Å². The Bertz CT molecular complexity index is 2400. The van der Waals surface area contributed by atoms with E-state index in [2.05, 4.69) is 29.6 Å². The number of ether oxygens (including phenoxy) is 3. The Morgan fingerprint density at radius 2 is 1.68 bits per heavy atom. The lowest BCUT2D eigenvalue weighted by atomic mass is 9.85. The first-order valence-electron chi connectivity index (χ1n) is 17.6. The van der Waals surface area contributed by atoms with Crippen LogP contribution < -0.4 is 19.5 Å². The number of amides is 1. The number of benzene rings is 3. The number of carbonyl (C=O) groups excluding carboxylic acids is 2. The number of carbonyl (C=O) groups is 3. The van der Waals surface area contributed by atoms with Crippen LogP contribution in [-0.4, -0.2) is 87.1 Å². The molecule has 4 aromatic rings. The maximum Gasteiger partial charge on any atom is 0.313 e. The predicted molar refractivity (Wildman–Crippen MR) is 226 cm³/mol. The van der Waals surface area contributed by atoms with Crippen LogP contribution >= 0.6 is 23.3 Å². The molecule has 0 saturated heterocycles. The van der Waals surface area contributed by atoms with E-state index in [4.69, 9.17) is 24.1 Å². The van der Waals surface area contributed by atoms with Gasteiger partial charge in [0.25, 0.3) is 5.91 Å². The van der Waals surface area contributed by atoms with Crippen molar-refractivity contribution < 1.29 is 50.9 Å². The number of thioether (sulfide) groups is 1. The predicted octanol–water partition coefficient (Wildman–Crippen LogP) is 7.09. The third-order valence-corrected chi connectivity index (χ3v) is 11.0. The van der Waals surface area contributed by atoms with Crippen molar-refractivity contribution in [2.45, 2.75) is 45.8 Å². The van der Waals surface area contributed by atoms with E-state index in [1.54, 1.807) is 44.2 Å². The molecule has 1 unspecified atom stereocenters. The van der Waals surface area contributed by atoms with Gasteiger partial charge in [0.1, 0.15) is 24.7 Å². The number of aliphatic carboxylic acids is 1. The Hall–Kier alpha value is -5.16. The van der Waals surface area contributed by atoms with E-state index >= 15 is 0 Å². The summed E-state index contributed by atoms with van der Waals surface area (Å²) >= 11 is 2.07. The highest BCUT2D eigenvalue weighted by atomic mass is 32.2. The van der Waals surface area contributed by atoms with E-state index in [0.29, 0.717) is 39.6 Å². The molecule has 0 spiro atoms. The lowest BCUT2D eigenvalue weighted by Gasteiger charge is -2.26. The first-order valence-corrected chi connectivity index (χ1v) is 23.1. The van der Waals surface area contributed by atoms with Gasteiger partial charge >= 0.3 is 11.9 Å². The summed E-state index contributed by atoms with van der Waals surface area (Å²) in [7, 11) is -7.24. The van der Waals surface area contributed by atoms with E-state index in [0.717, 1.165) is 29.6 Å². The maximum absolute atomic E-state index is 13.3. The number of anilines is 2. The van der Waals surface area contributed by atoms with Crippen molar-refractivity contribution in [2.75, 3.05) is 47.6 Å². The molecule has 0 aliphatic heterocycles. The summed E-state index contributed by atoms with van der Waals surface area (Å²) in [5, 5.41) is 20.6. The minimum atomic E-state index is -3.73. The second kappa shape index (κ2) is 19.7. The van der Waals surface area contributed by atoms with Crippen molar-refractivity contribution in [1.82, 2.24) is 9.36 Å². The number of hydrogen-bond donors (Lipinski definition) is 5.